The van der Waals surface area contributed by atoms with Crippen molar-refractivity contribution in [1.29, 1.82) is 5.26 Å². The van der Waals surface area contributed by atoms with Crippen LogP contribution in [-0.4, -0.2) is 35.6 Å². The van der Waals surface area contributed by atoms with Gasteiger partial charge in [-0.2, -0.15) is 5.26 Å². The number of piperidine rings is 1. The molecule has 20 heavy (non-hydrogen) atoms. The molecule has 116 valence electrons. The van der Waals surface area contributed by atoms with E-state index in [4.69, 9.17) is 0 Å². The molecule has 3 unspecified atom stereocenters. The molecule has 0 aliphatic carbocycles. The van der Waals surface area contributed by atoms with Gasteiger partial charge in [-0.25, -0.2) is 0 Å². The van der Waals surface area contributed by atoms with Gasteiger partial charge in [0.2, 0.25) is 0 Å². The Morgan fingerprint density at radius 3 is 2.70 bits per heavy atom. The molecule has 0 aromatic rings. The summed E-state index contributed by atoms with van der Waals surface area (Å²) in [7, 11) is 0. The molecule has 1 saturated heterocycles. The largest absolute Gasteiger partial charge is 0.300 e. The van der Waals surface area contributed by atoms with Crippen molar-refractivity contribution in [2.75, 3.05) is 13.1 Å². The lowest BCUT2D eigenvalue weighted by molar-refractivity contribution is 0.0817. The second-order valence-electron chi connectivity index (χ2n) is 6.60. The Kier molecular flexibility index (Phi) is 7.55. The summed E-state index contributed by atoms with van der Waals surface area (Å²) >= 11 is 0. The summed E-state index contributed by atoms with van der Waals surface area (Å²) in [4.78, 5) is 2.66. The van der Waals surface area contributed by atoms with Gasteiger partial charge in [-0.05, 0) is 59.0 Å². The van der Waals surface area contributed by atoms with Crippen LogP contribution in [0.5, 0.6) is 0 Å². The third kappa shape index (κ3) is 5.07. The van der Waals surface area contributed by atoms with Gasteiger partial charge >= 0.3 is 0 Å². The first-order chi connectivity index (χ1) is 9.56. The van der Waals surface area contributed by atoms with Crippen molar-refractivity contribution in [3.8, 4) is 6.07 Å². The van der Waals surface area contributed by atoms with Crippen molar-refractivity contribution in [3.05, 3.63) is 0 Å². The van der Waals surface area contributed by atoms with E-state index in [2.05, 4.69) is 44.0 Å². The molecule has 0 saturated carbocycles. The molecule has 1 heterocycles. The van der Waals surface area contributed by atoms with E-state index >= 15 is 0 Å². The third-order valence-electron chi connectivity index (χ3n) is 4.58. The third-order valence-corrected chi connectivity index (χ3v) is 4.58. The lowest BCUT2D eigenvalue weighted by Crippen LogP contribution is -2.51. The molecule has 1 rings (SSSR count). The van der Waals surface area contributed by atoms with Crippen LogP contribution in [0.4, 0.5) is 0 Å². The molecule has 1 aliphatic heterocycles. The van der Waals surface area contributed by atoms with Gasteiger partial charge in [0.25, 0.3) is 0 Å². The second kappa shape index (κ2) is 8.64. The van der Waals surface area contributed by atoms with E-state index in [-0.39, 0.29) is 5.54 Å². The highest BCUT2D eigenvalue weighted by atomic mass is 15.2. The van der Waals surface area contributed by atoms with Crippen molar-refractivity contribution in [2.45, 2.75) is 90.3 Å². The molecule has 1 N–H and O–H groups in total. The van der Waals surface area contributed by atoms with Crippen LogP contribution in [0.15, 0.2) is 0 Å². The van der Waals surface area contributed by atoms with Gasteiger partial charge in [-0.15, -0.1) is 0 Å². The zero-order chi connectivity index (χ0) is 15.0. The van der Waals surface area contributed by atoms with Crippen LogP contribution in [0.3, 0.4) is 0 Å². The maximum absolute atomic E-state index is 9.50. The van der Waals surface area contributed by atoms with Gasteiger partial charge in [0.1, 0.15) is 5.54 Å². The minimum Gasteiger partial charge on any atom is -0.300 e. The molecular formula is C17H33N3. The fraction of sp³-hybridized carbons (Fsp3) is 0.941. The first-order valence-electron chi connectivity index (χ1n) is 8.48. The SMILES string of the molecule is CCCNC(C)(C#N)CC(C)N1CCCCC1CCC. The molecule has 0 amide bonds. The zero-order valence-electron chi connectivity index (χ0n) is 13.9. The molecule has 0 bridgehead atoms. The normalized spacial score (nSPS) is 24.9. The lowest BCUT2D eigenvalue weighted by atomic mass is 9.90. The topological polar surface area (TPSA) is 39.1 Å². The van der Waals surface area contributed by atoms with Crippen molar-refractivity contribution in [2.24, 2.45) is 0 Å². The first kappa shape index (κ1) is 17.5. The maximum Gasteiger partial charge on any atom is 0.105 e. The van der Waals surface area contributed by atoms with Crippen molar-refractivity contribution in [3.63, 3.8) is 0 Å². The van der Waals surface area contributed by atoms with Gasteiger partial charge in [0, 0.05) is 12.1 Å². The van der Waals surface area contributed by atoms with E-state index in [0.29, 0.717) is 6.04 Å². The molecule has 0 radical (unpaired) electrons. The highest BCUT2D eigenvalue weighted by Crippen LogP contribution is 2.26. The summed E-state index contributed by atoms with van der Waals surface area (Å²) in [5.74, 6) is 0. The predicted molar refractivity (Wildman–Crippen MR) is 85.6 cm³/mol. The summed E-state index contributed by atoms with van der Waals surface area (Å²) in [5, 5.41) is 12.9. The van der Waals surface area contributed by atoms with Crippen molar-refractivity contribution < 1.29 is 0 Å². The van der Waals surface area contributed by atoms with Crippen LogP contribution in [0.2, 0.25) is 0 Å². The molecule has 0 spiro atoms. The number of hydrogen-bond donors (Lipinski definition) is 1. The van der Waals surface area contributed by atoms with Crippen molar-refractivity contribution >= 4 is 0 Å². The average molecular weight is 279 g/mol. The summed E-state index contributed by atoms with van der Waals surface area (Å²) < 4.78 is 0. The first-order valence-corrected chi connectivity index (χ1v) is 8.48. The Labute approximate surface area is 125 Å². The Bertz CT molecular complexity index is 308. The summed E-state index contributed by atoms with van der Waals surface area (Å²) in [6.07, 6.45) is 8.59. The Hall–Kier alpha value is -0.590. The fourth-order valence-electron chi connectivity index (χ4n) is 3.51. The van der Waals surface area contributed by atoms with E-state index in [0.717, 1.165) is 25.4 Å². The van der Waals surface area contributed by atoms with Gasteiger partial charge in [-0.1, -0.05) is 26.7 Å². The van der Waals surface area contributed by atoms with Crippen LogP contribution in [0.1, 0.15) is 72.6 Å². The molecule has 0 aromatic carbocycles. The maximum atomic E-state index is 9.50. The minimum atomic E-state index is -0.385. The summed E-state index contributed by atoms with van der Waals surface area (Å²) in [6, 6.07) is 3.71. The van der Waals surface area contributed by atoms with E-state index < -0.39 is 0 Å². The molecule has 0 aromatic heterocycles. The van der Waals surface area contributed by atoms with E-state index in [1.165, 1.54) is 38.6 Å². The number of hydrogen-bond acceptors (Lipinski definition) is 3. The van der Waals surface area contributed by atoms with E-state index in [9.17, 15) is 5.26 Å². The van der Waals surface area contributed by atoms with Gasteiger partial charge in [-0.3, -0.25) is 10.2 Å². The minimum absolute atomic E-state index is 0.385. The fourth-order valence-corrected chi connectivity index (χ4v) is 3.51. The van der Waals surface area contributed by atoms with Gasteiger partial charge < -0.3 is 0 Å². The molecule has 1 aliphatic rings. The van der Waals surface area contributed by atoms with E-state index in [1.54, 1.807) is 0 Å². The summed E-state index contributed by atoms with van der Waals surface area (Å²) in [5.41, 5.74) is -0.385. The van der Waals surface area contributed by atoms with Crippen LogP contribution in [0.25, 0.3) is 0 Å². The monoisotopic (exact) mass is 279 g/mol. The highest BCUT2D eigenvalue weighted by molar-refractivity contribution is 5.05. The van der Waals surface area contributed by atoms with Crippen LogP contribution in [0, 0.1) is 11.3 Å². The average Bonchev–Trinajstić information content (AvgIpc) is 2.46. The number of nitrogens with zero attached hydrogens (tertiary/aromatic N) is 2. The zero-order valence-corrected chi connectivity index (χ0v) is 13.9. The van der Waals surface area contributed by atoms with E-state index in [1.807, 2.05) is 0 Å². The Morgan fingerprint density at radius 2 is 2.10 bits per heavy atom. The quantitative estimate of drug-likeness (QED) is 0.736. The van der Waals surface area contributed by atoms with Gasteiger partial charge in [0.05, 0.1) is 6.07 Å². The second-order valence-corrected chi connectivity index (χ2v) is 6.60. The molecular weight excluding hydrogens is 246 g/mol. The molecule has 3 atom stereocenters. The lowest BCUT2D eigenvalue weighted by Gasteiger charge is -2.42. The molecule has 3 heteroatoms. The smallest absolute Gasteiger partial charge is 0.105 e. The van der Waals surface area contributed by atoms with Crippen LogP contribution < -0.4 is 5.32 Å². The number of nitrogens with one attached hydrogen (secondary N) is 1. The standard InChI is InChI=1S/C17H33N3/c1-5-9-16-10-7-8-12-20(16)15(3)13-17(4,14-18)19-11-6-2/h15-16,19H,5-13H2,1-4H3. The van der Waals surface area contributed by atoms with Crippen LogP contribution >= 0.6 is 0 Å². The Morgan fingerprint density at radius 1 is 1.35 bits per heavy atom. The van der Waals surface area contributed by atoms with Gasteiger partial charge in [0.15, 0.2) is 0 Å². The highest BCUT2D eigenvalue weighted by Gasteiger charge is 2.32. The number of nitriles is 1. The van der Waals surface area contributed by atoms with Crippen LogP contribution in [-0.2, 0) is 0 Å². The summed E-state index contributed by atoms with van der Waals surface area (Å²) in [6.45, 7) is 10.9. The molecule has 3 nitrogen and oxygen atoms in total. The number of likely N-dealkylation sites (tertiary alicyclic amines) is 1. The Balaban J connectivity index is 2.62. The molecule has 1 fully saturated rings. The predicted octanol–water partition coefficient (Wildman–Crippen LogP) is 3.70. The van der Waals surface area contributed by atoms with Crippen molar-refractivity contribution in [1.82, 2.24) is 10.2 Å². The number of rotatable bonds is 8.